The topological polar surface area (TPSA) is 21.3 Å². The second kappa shape index (κ2) is 6.68. The van der Waals surface area contributed by atoms with E-state index in [1.165, 1.54) is 7.11 Å². The number of ether oxygens (including phenoxy) is 1. The molecule has 0 saturated carbocycles. The maximum absolute atomic E-state index is 12.7. The predicted molar refractivity (Wildman–Crippen MR) is 74.6 cm³/mol. The standard InChI is InChI=1S/C14H18F3NO.ClH/c1-9-8-18-6-5-11(9)12-4-3-10(14(15,16)17)7-13(12)19-2;/h3-4,7,9,11,18H,5-6,8H2,1-2H3;1H. The summed E-state index contributed by atoms with van der Waals surface area (Å²) in [6.07, 6.45) is -3.41. The van der Waals surface area contributed by atoms with Crippen LogP contribution in [0.2, 0.25) is 0 Å². The van der Waals surface area contributed by atoms with Crippen molar-refractivity contribution < 1.29 is 17.9 Å². The third-order valence-corrected chi connectivity index (χ3v) is 3.75. The summed E-state index contributed by atoms with van der Waals surface area (Å²) in [5, 5.41) is 3.29. The van der Waals surface area contributed by atoms with Gasteiger partial charge >= 0.3 is 6.18 Å². The van der Waals surface area contributed by atoms with Crippen molar-refractivity contribution in [3.8, 4) is 5.75 Å². The number of hydrogen-bond donors (Lipinski definition) is 1. The molecular formula is C14H19ClF3NO. The van der Waals surface area contributed by atoms with E-state index >= 15 is 0 Å². The Kier molecular flexibility index (Phi) is 5.71. The molecule has 2 atom stereocenters. The molecule has 1 N–H and O–H groups in total. The zero-order valence-corrected chi connectivity index (χ0v) is 12.3. The van der Waals surface area contributed by atoms with Crippen molar-refractivity contribution >= 4 is 12.4 Å². The Bertz CT molecular complexity index is 451. The molecule has 2 rings (SSSR count). The van der Waals surface area contributed by atoms with Gasteiger partial charge in [0, 0.05) is 0 Å². The smallest absolute Gasteiger partial charge is 0.416 e. The number of alkyl halides is 3. The van der Waals surface area contributed by atoms with Crippen molar-refractivity contribution in [1.82, 2.24) is 5.32 Å². The SMILES string of the molecule is COc1cc(C(F)(F)F)ccc1C1CCNCC1C.Cl. The van der Waals surface area contributed by atoms with Gasteiger partial charge in [-0.05, 0) is 49.0 Å². The molecular weight excluding hydrogens is 291 g/mol. The molecule has 0 aliphatic carbocycles. The fourth-order valence-corrected chi connectivity index (χ4v) is 2.67. The van der Waals surface area contributed by atoms with E-state index < -0.39 is 11.7 Å². The van der Waals surface area contributed by atoms with E-state index in [1.54, 1.807) is 6.07 Å². The Morgan fingerprint density at radius 2 is 2.00 bits per heavy atom. The van der Waals surface area contributed by atoms with E-state index in [9.17, 15) is 13.2 Å². The van der Waals surface area contributed by atoms with Crippen molar-refractivity contribution in [2.45, 2.75) is 25.4 Å². The predicted octanol–water partition coefficient (Wildman–Crippen LogP) is 3.85. The molecule has 0 aromatic heterocycles. The van der Waals surface area contributed by atoms with E-state index in [0.717, 1.165) is 37.2 Å². The zero-order valence-electron chi connectivity index (χ0n) is 11.5. The van der Waals surface area contributed by atoms with Crippen LogP contribution in [0.5, 0.6) is 5.75 Å². The van der Waals surface area contributed by atoms with E-state index in [2.05, 4.69) is 12.2 Å². The minimum absolute atomic E-state index is 0. The van der Waals surface area contributed by atoms with Gasteiger partial charge in [-0.25, -0.2) is 0 Å². The van der Waals surface area contributed by atoms with Gasteiger partial charge in [0.2, 0.25) is 0 Å². The second-order valence-electron chi connectivity index (χ2n) is 5.03. The lowest BCUT2D eigenvalue weighted by molar-refractivity contribution is -0.137. The normalized spacial score (nSPS) is 23.1. The van der Waals surface area contributed by atoms with Gasteiger partial charge in [-0.15, -0.1) is 12.4 Å². The van der Waals surface area contributed by atoms with Gasteiger partial charge < -0.3 is 10.1 Å². The maximum Gasteiger partial charge on any atom is 0.416 e. The molecule has 0 amide bonds. The molecule has 0 radical (unpaired) electrons. The third kappa shape index (κ3) is 3.58. The first-order chi connectivity index (χ1) is 8.93. The lowest BCUT2D eigenvalue weighted by Gasteiger charge is -2.31. The number of nitrogens with one attached hydrogen (secondary N) is 1. The van der Waals surface area contributed by atoms with Crippen molar-refractivity contribution in [2.75, 3.05) is 20.2 Å². The molecule has 1 saturated heterocycles. The van der Waals surface area contributed by atoms with Crippen LogP contribution in [0.3, 0.4) is 0 Å². The summed E-state index contributed by atoms with van der Waals surface area (Å²) in [6.45, 7) is 3.88. The van der Waals surface area contributed by atoms with E-state index in [1.807, 2.05) is 0 Å². The molecule has 1 aliphatic rings. The Morgan fingerprint density at radius 3 is 2.55 bits per heavy atom. The molecule has 0 spiro atoms. The van der Waals surface area contributed by atoms with Crippen LogP contribution in [0.4, 0.5) is 13.2 Å². The first-order valence-corrected chi connectivity index (χ1v) is 6.39. The first kappa shape index (κ1) is 17.1. The number of benzene rings is 1. The van der Waals surface area contributed by atoms with Gasteiger partial charge in [-0.1, -0.05) is 13.0 Å². The second-order valence-corrected chi connectivity index (χ2v) is 5.03. The van der Waals surface area contributed by atoms with Gasteiger partial charge in [0.15, 0.2) is 0 Å². The third-order valence-electron chi connectivity index (χ3n) is 3.75. The molecule has 1 aromatic carbocycles. The summed E-state index contributed by atoms with van der Waals surface area (Å²) in [7, 11) is 1.42. The zero-order chi connectivity index (χ0) is 14.0. The molecule has 1 heterocycles. The van der Waals surface area contributed by atoms with Crippen molar-refractivity contribution in [2.24, 2.45) is 5.92 Å². The van der Waals surface area contributed by atoms with Gasteiger partial charge in [-0.3, -0.25) is 0 Å². The summed E-state index contributed by atoms with van der Waals surface area (Å²) >= 11 is 0. The molecule has 20 heavy (non-hydrogen) atoms. The Balaban J connectivity index is 0.00000200. The molecule has 1 fully saturated rings. The van der Waals surface area contributed by atoms with Crippen LogP contribution >= 0.6 is 12.4 Å². The molecule has 1 aliphatic heterocycles. The highest BCUT2D eigenvalue weighted by atomic mass is 35.5. The van der Waals surface area contributed by atoms with E-state index in [-0.39, 0.29) is 18.3 Å². The molecule has 0 bridgehead atoms. The van der Waals surface area contributed by atoms with Gasteiger partial charge in [-0.2, -0.15) is 13.2 Å². The molecule has 6 heteroatoms. The fraction of sp³-hybridized carbons (Fsp3) is 0.571. The molecule has 2 unspecified atom stereocenters. The summed E-state index contributed by atoms with van der Waals surface area (Å²) in [5.41, 5.74) is 0.221. The molecule has 1 aromatic rings. The Hall–Kier alpha value is -0.940. The number of rotatable bonds is 2. The number of hydrogen-bond acceptors (Lipinski definition) is 2. The minimum Gasteiger partial charge on any atom is -0.496 e. The van der Waals surface area contributed by atoms with Crippen LogP contribution in [0.15, 0.2) is 18.2 Å². The number of piperidine rings is 1. The monoisotopic (exact) mass is 309 g/mol. The lowest BCUT2D eigenvalue weighted by atomic mass is 9.81. The fourth-order valence-electron chi connectivity index (χ4n) is 2.67. The summed E-state index contributed by atoms with van der Waals surface area (Å²) in [6, 6.07) is 3.81. The average molecular weight is 310 g/mol. The highest BCUT2D eigenvalue weighted by molar-refractivity contribution is 5.85. The average Bonchev–Trinajstić information content (AvgIpc) is 2.37. The van der Waals surface area contributed by atoms with Gasteiger partial charge in [0.25, 0.3) is 0 Å². The van der Waals surface area contributed by atoms with E-state index in [0.29, 0.717) is 11.7 Å². The van der Waals surface area contributed by atoms with Crippen molar-refractivity contribution in [3.63, 3.8) is 0 Å². The summed E-state index contributed by atoms with van der Waals surface area (Å²) < 4.78 is 43.2. The Labute approximate surface area is 123 Å². The lowest BCUT2D eigenvalue weighted by Crippen LogP contribution is -2.33. The quantitative estimate of drug-likeness (QED) is 0.896. The summed E-state index contributed by atoms with van der Waals surface area (Å²) in [4.78, 5) is 0. The summed E-state index contributed by atoms with van der Waals surface area (Å²) in [5.74, 6) is 0.978. The van der Waals surface area contributed by atoms with E-state index in [4.69, 9.17) is 4.74 Å². The van der Waals surface area contributed by atoms with Crippen LogP contribution in [0, 0.1) is 5.92 Å². The highest BCUT2D eigenvalue weighted by Crippen LogP contribution is 2.39. The minimum atomic E-state index is -4.33. The van der Waals surface area contributed by atoms with Crippen LogP contribution in [-0.4, -0.2) is 20.2 Å². The number of halogens is 4. The maximum atomic E-state index is 12.7. The van der Waals surface area contributed by atoms with Crippen LogP contribution in [-0.2, 0) is 6.18 Å². The molecule has 2 nitrogen and oxygen atoms in total. The van der Waals surface area contributed by atoms with Crippen LogP contribution in [0.1, 0.15) is 30.4 Å². The van der Waals surface area contributed by atoms with Gasteiger partial charge in [0.05, 0.1) is 12.7 Å². The van der Waals surface area contributed by atoms with Crippen molar-refractivity contribution in [3.05, 3.63) is 29.3 Å². The first-order valence-electron chi connectivity index (χ1n) is 6.39. The largest absolute Gasteiger partial charge is 0.496 e. The number of methoxy groups -OCH3 is 1. The highest BCUT2D eigenvalue weighted by Gasteiger charge is 2.33. The Morgan fingerprint density at radius 1 is 1.30 bits per heavy atom. The van der Waals surface area contributed by atoms with Gasteiger partial charge in [0.1, 0.15) is 5.75 Å². The van der Waals surface area contributed by atoms with Crippen LogP contribution in [0.25, 0.3) is 0 Å². The van der Waals surface area contributed by atoms with Crippen molar-refractivity contribution in [1.29, 1.82) is 0 Å². The molecule has 114 valence electrons. The van der Waals surface area contributed by atoms with Crippen LogP contribution < -0.4 is 10.1 Å².